The summed E-state index contributed by atoms with van der Waals surface area (Å²) in [4.78, 5) is 0. The fraction of sp³-hybridized carbons (Fsp3) is 0.571. The van der Waals surface area contributed by atoms with Gasteiger partial charge < -0.3 is 5.32 Å². The van der Waals surface area contributed by atoms with E-state index in [0.29, 0.717) is 6.04 Å². The lowest BCUT2D eigenvalue weighted by atomic mass is 9.85. The second kappa shape index (κ2) is 6.21. The zero-order chi connectivity index (χ0) is 13.1. The van der Waals surface area contributed by atoms with Crippen molar-refractivity contribution >= 4 is 27.5 Å². The van der Waals surface area contributed by atoms with Crippen molar-refractivity contribution in [2.45, 2.75) is 40.2 Å². The normalized spacial score (nSPS) is 12.2. The molecule has 0 heterocycles. The molecule has 1 aromatic carbocycles. The summed E-state index contributed by atoms with van der Waals surface area (Å²) in [5.74, 6) is 0. The van der Waals surface area contributed by atoms with Crippen LogP contribution in [-0.2, 0) is 6.42 Å². The van der Waals surface area contributed by atoms with Gasteiger partial charge in [0.2, 0.25) is 0 Å². The molecule has 0 bridgehead atoms. The van der Waals surface area contributed by atoms with Crippen LogP contribution in [0, 0.1) is 5.41 Å². The molecule has 1 rings (SSSR count). The summed E-state index contributed by atoms with van der Waals surface area (Å²) in [6.45, 7) is 9.87. The molecule has 1 aromatic rings. The van der Waals surface area contributed by atoms with Crippen LogP contribution in [0.3, 0.4) is 0 Å². The number of benzene rings is 1. The van der Waals surface area contributed by atoms with Gasteiger partial charge in [0.05, 0.1) is 0 Å². The van der Waals surface area contributed by atoms with E-state index in [4.69, 9.17) is 11.6 Å². The summed E-state index contributed by atoms with van der Waals surface area (Å²) in [5.41, 5.74) is 1.42. The second-order valence-electron chi connectivity index (χ2n) is 5.61. The van der Waals surface area contributed by atoms with Gasteiger partial charge in [0.1, 0.15) is 0 Å². The Morgan fingerprint density at radius 2 is 2.00 bits per heavy atom. The summed E-state index contributed by atoms with van der Waals surface area (Å²) in [6.07, 6.45) is 0.985. The van der Waals surface area contributed by atoms with E-state index in [-0.39, 0.29) is 5.41 Å². The van der Waals surface area contributed by atoms with Crippen LogP contribution in [0.25, 0.3) is 0 Å². The van der Waals surface area contributed by atoms with E-state index in [9.17, 15) is 0 Å². The Kier molecular flexibility index (Phi) is 5.49. The first-order valence-electron chi connectivity index (χ1n) is 5.97. The van der Waals surface area contributed by atoms with Crippen molar-refractivity contribution in [2.75, 3.05) is 6.54 Å². The maximum Gasteiger partial charge on any atom is 0.0449 e. The lowest BCUT2D eigenvalue weighted by Crippen LogP contribution is -2.35. The predicted molar refractivity (Wildman–Crippen MR) is 79.8 cm³/mol. The number of hydrogen-bond donors (Lipinski definition) is 1. The zero-order valence-corrected chi connectivity index (χ0v) is 13.3. The van der Waals surface area contributed by atoms with E-state index in [1.807, 2.05) is 12.1 Å². The smallest absolute Gasteiger partial charge is 0.0449 e. The molecule has 1 N–H and O–H groups in total. The molecule has 0 atom stereocenters. The average molecular weight is 319 g/mol. The third-order valence-corrected chi connectivity index (χ3v) is 3.52. The van der Waals surface area contributed by atoms with Gasteiger partial charge in [-0.3, -0.25) is 0 Å². The molecule has 3 heteroatoms. The fourth-order valence-corrected chi connectivity index (χ4v) is 2.46. The summed E-state index contributed by atoms with van der Waals surface area (Å²) in [5, 5.41) is 4.33. The van der Waals surface area contributed by atoms with Gasteiger partial charge in [-0.1, -0.05) is 61.3 Å². The Hall–Kier alpha value is -0.0500. The van der Waals surface area contributed by atoms with Crippen LogP contribution in [0.5, 0.6) is 0 Å². The summed E-state index contributed by atoms with van der Waals surface area (Å²) >= 11 is 9.68. The lowest BCUT2D eigenvalue weighted by Gasteiger charge is -2.27. The van der Waals surface area contributed by atoms with Gasteiger partial charge in [0.15, 0.2) is 0 Å². The number of hydrogen-bond acceptors (Lipinski definition) is 1. The van der Waals surface area contributed by atoms with Gasteiger partial charge in [-0.2, -0.15) is 0 Å². The molecule has 0 aliphatic carbocycles. The molecule has 0 fully saturated rings. The van der Waals surface area contributed by atoms with E-state index in [2.05, 4.69) is 55.0 Å². The molecule has 96 valence electrons. The maximum absolute atomic E-state index is 6.25. The molecule has 0 aromatic heterocycles. The molecule has 0 unspecified atom stereocenters. The van der Waals surface area contributed by atoms with E-state index in [1.165, 1.54) is 5.56 Å². The highest BCUT2D eigenvalue weighted by molar-refractivity contribution is 9.10. The molecule has 0 spiro atoms. The maximum atomic E-state index is 6.25. The molecule has 17 heavy (non-hydrogen) atoms. The Morgan fingerprint density at radius 3 is 2.53 bits per heavy atom. The molecule has 1 nitrogen and oxygen atoms in total. The molecule has 0 aliphatic rings. The fourth-order valence-electron chi connectivity index (χ4n) is 1.72. The van der Waals surface area contributed by atoms with Crippen molar-refractivity contribution in [1.29, 1.82) is 0 Å². The summed E-state index contributed by atoms with van der Waals surface area (Å²) in [6, 6.07) is 6.63. The monoisotopic (exact) mass is 317 g/mol. The van der Waals surface area contributed by atoms with Gasteiger partial charge in [-0.15, -0.1) is 0 Å². The SMILES string of the molecule is CC(C)NCC(C)(C)Cc1ccc(Br)cc1Cl. The van der Waals surface area contributed by atoms with E-state index >= 15 is 0 Å². The minimum Gasteiger partial charge on any atom is -0.314 e. The number of rotatable bonds is 5. The second-order valence-corrected chi connectivity index (χ2v) is 6.94. The minimum absolute atomic E-state index is 0.210. The Balaban J connectivity index is 2.68. The van der Waals surface area contributed by atoms with Crippen LogP contribution in [0.4, 0.5) is 0 Å². The van der Waals surface area contributed by atoms with E-state index < -0.39 is 0 Å². The van der Waals surface area contributed by atoms with Crippen molar-refractivity contribution in [3.63, 3.8) is 0 Å². The van der Waals surface area contributed by atoms with Gasteiger partial charge >= 0.3 is 0 Å². The summed E-state index contributed by atoms with van der Waals surface area (Å²) in [7, 11) is 0. The van der Waals surface area contributed by atoms with E-state index in [0.717, 1.165) is 22.5 Å². The number of nitrogens with one attached hydrogen (secondary N) is 1. The van der Waals surface area contributed by atoms with Crippen molar-refractivity contribution in [3.8, 4) is 0 Å². The Labute approximate surface area is 118 Å². The van der Waals surface area contributed by atoms with Crippen LogP contribution < -0.4 is 5.32 Å². The molecule has 0 saturated carbocycles. The third-order valence-electron chi connectivity index (χ3n) is 2.67. The quantitative estimate of drug-likeness (QED) is 0.832. The first kappa shape index (κ1) is 15.0. The zero-order valence-electron chi connectivity index (χ0n) is 11.0. The average Bonchev–Trinajstić information content (AvgIpc) is 2.20. The molecule has 0 aliphatic heterocycles. The standard InChI is InChI=1S/C14H21BrClN/c1-10(2)17-9-14(3,4)8-11-5-6-12(15)7-13(11)16/h5-7,10,17H,8-9H2,1-4H3. The molecular formula is C14H21BrClN. The van der Waals surface area contributed by atoms with Crippen LogP contribution >= 0.6 is 27.5 Å². The minimum atomic E-state index is 0.210. The topological polar surface area (TPSA) is 12.0 Å². The van der Waals surface area contributed by atoms with Crippen LogP contribution in [0.2, 0.25) is 5.02 Å². The van der Waals surface area contributed by atoms with Gasteiger partial charge in [0.25, 0.3) is 0 Å². The Morgan fingerprint density at radius 1 is 1.35 bits per heavy atom. The van der Waals surface area contributed by atoms with E-state index in [1.54, 1.807) is 0 Å². The van der Waals surface area contributed by atoms with Gasteiger partial charge in [-0.05, 0) is 29.5 Å². The molecule has 0 radical (unpaired) electrons. The van der Waals surface area contributed by atoms with Crippen molar-refractivity contribution in [3.05, 3.63) is 33.3 Å². The number of halogens is 2. The third kappa shape index (κ3) is 5.41. The largest absolute Gasteiger partial charge is 0.314 e. The first-order chi connectivity index (χ1) is 7.80. The lowest BCUT2D eigenvalue weighted by molar-refractivity contribution is 0.326. The highest BCUT2D eigenvalue weighted by Crippen LogP contribution is 2.28. The van der Waals surface area contributed by atoms with Crippen LogP contribution in [0.15, 0.2) is 22.7 Å². The van der Waals surface area contributed by atoms with Crippen molar-refractivity contribution < 1.29 is 0 Å². The van der Waals surface area contributed by atoms with Crippen molar-refractivity contribution in [1.82, 2.24) is 5.32 Å². The summed E-state index contributed by atoms with van der Waals surface area (Å²) < 4.78 is 1.03. The van der Waals surface area contributed by atoms with Gasteiger partial charge in [-0.25, -0.2) is 0 Å². The predicted octanol–water partition coefficient (Wildman–Crippen LogP) is 4.67. The highest BCUT2D eigenvalue weighted by Gasteiger charge is 2.20. The van der Waals surface area contributed by atoms with Crippen LogP contribution in [-0.4, -0.2) is 12.6 Å². The highest BCUT2D eigenvalue weighted by atomic mass is 79.9. The van der Waals surface area contributed by atoms with Crippen molar-refractivity contribution in [2.24, 2.45) is 5.41 Å². The van der Waals surface area contributed by atoms with Gasteiger partial charge in [0, 0.05) is 22.1 Å². The first-order valence-corrected chi connectivity index (χ1v) is 7.14. The van der Waals surface area contributed by atoms with Crippen LogP contribution in [0.1, 0.15) is 33.3 Å². The Bertz CT molecular complexity index is 374. The molecule has 0 amide bonds. The molecule has 0 saturated heterocycles. The molecular weight excluding hydrogens is 298 g/mol.